The first-order valence-electron chi connectivity index (χ1n) is 10.5. The lowest BCUT2D eigenvalue weighted by atomic mass is 10.2. The van der Waals surface area contributed by atoms with Gasteiger partial charge in [0.25, 0.3) is 5.91 Å². The number of nitrogens with zero attached hydrogens (tertiary/aromatic N) is 3. The zero-order valence-electron chi connectivity index (χ0n) is 18.1. The fraction of sp³-hybridized carbons (Fsp3) is 0.261. The fourth-order valence-corrected chi connectivity index (χ4v) is 5.25. The zero-order valence-corrected chi connectivity index (χ0v) is 18.9. The van der Waals surface area contributed by atoms with Gasteiger partial charge in [0, 0.05) is 43.1 Å². The van der Waals surface area contributed by atoms with Crippen LogP contribution in [0.5, 0.6) is 0 Å². The number of aromatic nitrogens is 2. The highest BCUT2D eigenvalue weighted by Gasteiger charge is 2.33. The molecule has 2 amide bonds. The number of pyridine rings is 1. The van der Waals surface area contributed by atoms with E-state index < -0.39 is 12.2 Å². The van der Waals surface area contributed by atoms with Crippen LogP contribution in [-0.2, 0) is 0 Å². The van der Waals surface area contributed by atoms with Gasteiger partial charge in [-0.25, -0.2) is 4.79 Å². The molecule has 4 heterocycles. The maximum Gasteiger partial charge on any atom is 0.325 e. The van der Waals surface area contributed by atoms with Crippen LogP contribution in [0.15, 0.2) is 42.6 Å². The molecule has 1 aliphatic rings. The normalized spacial score (nSPS) is 18.2. The third-order valence-corrected chi connectivity index (χ3v) is 7.00. The Kier molecular flexibility index (Phi) is 5.28. The van der Waals surface area contributed by atoms with E-state index in [-0.39, 0.29) is 25.0 Å². The SMILES string of the molecule is CNC(=O)n1c(C)cc2cc(Nc3ccnc4cc(C(=O)N5C[C@H](O)[C@@H](O)C5)sc34)ccc21. The van der Waals surface area contributed by atoms with E-state index in [4.69, 9.17) is 0 Å². The zero-order chi connectivity index (χ0) is 23.3. The quantitative estimate of drug-likeness (QED) is 0.369. The van der Waals surface area contributed by atoms with Crippen molar-refractivity contribution in [2.45, 2.75) is 19.1 Å². The number of nitrogens with one attached hydrogen (secondary N) is 2. The Morgan fingerprint density at radius 1 is 1.12 bits per heavy atom. The van der Waals surface area contributed by atoms with Gasteiger partial charge >= 0.3 is 6.03 Å². The number of anilines is 2. The van der Waals surface area contributed by atoms with Crippen LogP contribution >= 0.6 is 11.3 Å². The van der Waals surface area contributed by atoms with E-state index in [0.29, 0.717) is 10.4 Å². The number of rotatable bonds is 3. The first-order valence-corrected chi connectivity index (χ1v) is 11.3. The lowest BCUT2D eigenvalue weighted by Crippen LogP contribution is -2.29. The maximum atomic E-state index is 12.9. The van der Waals surface area contributed by atoms with E-state index in [0.717, 1.165) is 32.7 Å². The molecule has 3 aromatic heterocycles. The number of aliphatic hydroxyl groups excluding tert-OH is 2. The molecule has 1 aromatic carbocycles. The van der Waals surface area contributed by atoms with Gasteiger partial charge in [0.15, 0.2) is 0 Å². The van der Waals surface area contributed by atoms with Crippen LogP contribution in [-0.4, -0.2) is 68.9 Å². The van der Waals surface area contributed by atoms with Gasteiger partial charge in [0.05, 0.1) is 38.5 Å². The van der Waals surface area contributed by atoms with Gasteiger partial charge in [0.2, 0.25) is 0 Å². The molecule has 0 unspecified atom stereocenters. The predicted molar refractivity (Wildman–Crippen MR) is 127 cm³/mol. The van der Waals surface area contributed by atoms with Crippen LogP contribution in [0.3, 0.4) is 0 Å². The Balaban J connectivity index is 1.45. The second kappa shape index (κ2) is 8.14. The second-order valence-electron chi connectivity index (χ2n) is 8.10. The summed E-state index contributed by atoms with van der Waals surface area (Å²) in [6.45, 7) is 2.11. The summed E-state index contributed by atoms with van der Waals surface area (Å²) in [7, 11) is 1.60. The van der Waals surface area contributed by atoms with Crippen molar-refractivity contribution in [2.24, 2.45) is 0 Å². The molecule has 0 saturated carbocycles. The van der Waals surface area contributed by atoms with Crippen LogP contribution < -0.4 is 10.6 Å². The van der Waals surface area contributed by atoms with Crippen molar-refractivity contribution < 1.29 is 19.8 Å². The van der Waals surface area contributed by atoms with Crippen LogP contribution in [0.25, 0.3) is 21.1 Å². The molecule has 170 valence electrons. The Morgan fingerprint density at radius 2 is 1.88 bits per heavy atom. The molecule has 9 nitrogen and oxygen atoms in total. The summed E-state index contributed by atoms with van der Waals surface area (Å²) in [5.41, 5.74) is 4.00. The highest BCUT2D eigenvalue weighted by Crippen LogP contribution is 2.34. The number of hydrogen-bond donors (Lipinski definition) is 4. The average Bonchev–Trinajstić information content (AvgIpc) is 3.47. The number of carbonyl (C=O) groups excluding carboxylic acids is 2. The second-order valence-corrected chi connectivity index (χ2v) is 9.16. The molecule has 4 aromatic rings. The van der Waals surface area contributed by atoms with Crippen molar-refractivity contribution in [3.63, 3.8) is 0 Å². The lowest BCUT2D eigenvalue weighted by Gasteiger charge is -2.13. The van der Waals surface area contributed by atoms with Crippen molar-refractivity contribution in [3.05, 3.63) is 53.2 Å². The number of likely N-dealkylation sites (tertiary alicyclic amines) is 1. The Hall–Kier alpha value is -3.47. The number of carbonyl (C=O) groups is 2. The number of aryl methyl sites for hydroxylation is 1. The first-order chi connectivity index (χ1) is 15.9. The number of thiophene rings is 1. The van der Waals surface area contributed by atoms with Gasteiger partial charge in [-0.15, -0.1) is 11.3 Å². The summed E-state index contributed by atoms with van der Waals surface area (Å²) >= 11 is 1.32. The Labute approximate surface area is 193 Å². The summed E-state index contributed by atoms with van der Waals surface area (Å²) < 4.78 is 2.47. The van der Waals surface area contributed by atoms with Gasteiger partial charge in [-0.2, -0.15) is 0 Å². The molecule has 10 heteroatoms. The van der Waals surface area contributed by atoms with E-state index >= 15 is 0 Å². The highest BCUT2D eigenvalue weighted by atomic mass is 32.1. The largest absolute Gasteiger partial charge is 0.388 e. The number of amides is 2. The Bertz CT molecular complexity index is 1380. The number of β-amino-alcohol motifs (C(OH)–C–C–N with tert-alkyl or cyclic N) is 2. The lowest BCUT2D eigenvalue weighted by molar-refractivity contribution is 0.0572. The minimum absolute atomic E-state index is 0.113. The van der Waals surface area contributed by atoms with E-state index in [9.17, 15) is 19.8 Å². The standard InChI is InChI=1S/C23H23N5O4S/c1-12-7-13-8-14(3-4-17(13)28(12)23(32)24-2)26-15-5-6-25-16-9-20(33-21(15)16)22(31)27-10-18(29)19(30)11-27/h3-9,18-19,29-30H,10-11H2,1-2H3,(H,24,32)(H,25,26)/t18-,19-/m0/s1. The van der Waals surface area contributed by atoms with Crippen molar-refractivity contribution in [3.8, 4) is 0 Å². The summed E-state index contributed by atoms with van der Waals surface area (Å²) in [6, 6.07) is 11.1. The van der Waals surface area contributed by atoms with Gasteiger partial charge in [0.1, 0.15) is 0 Å². The number of fused-ring (bicyclic) bond motifs is 2. The number of benzene rings is 1. The monoisotopic (exact) mass is 465 g/mol. The van der Waals surface area contributed by atoms with Gasteiger partial charge < -0.3 is 25.7 Å². The number of hydrogen-bond acceptors (Lipinski definition) is 7. The molecule has 0 bridgehead atoms. The van der Waals surface area contributed by atoms with Crippen molar-refractivity contribution >= 4 is 55.8 Å². The average molecular weight is 466 g/mol. The van der Waals surface area contributed by atoms with E-state index in [1.165, 1.54) is 16.2 Å². The van der Waals surface area contributed by atoms with Crippen molar-refractivity contribution in [1.29, 1.82) is 0 Å². The molecule has 2 atom stereocenters. The van der Waals surface area contributed by atoms with Gasteiger partial charge in [-0.1, -0.05) is 0 Å². The van der Waals surface area contributed by atoms with Crippen molar-refractivity contribution in [2.75, 3.05) is 25.5 Å². The third kappa shape index (κ3) is 3.71. The molecule has 1 fully saturated rings. The molecule has 0 aliphatic carbocycles. The molecule has 33 heavy (non-hydrogen) atoms. The first kappa shape index (κ1) is 21.4. The molecule has 0 spiro atoms. The topological polar surface area (TPSA) is 120 Å². The molecule has 1 aliphatic heterocycles. The van der Waals surface area contributed by atoms with Crippen molar-refractivity contribution in [1.82, 2.24) is 19.8 Å². The minimum atomic E-state index is -0.921. The Morgan fingerprint density at radius 3 is 2.61 bits per heavy atom. The molecular weight excluding hydrogens is 442 g/mol. The predicted octanol–water partition coefficient (Wildman–Crippen LogP) is 2.67. The molecule has 5 rings (SSSR count). The summed E-state index contributed by atoms with van der Waals surface area (Å²) in [5.74, 6) is -0.230. The molecular formula is C23H23N5O4S. The van der Waals surface area contributed by atoms with Crippen LogP contribution in [0, 0.1) is 6.92 Å². The van der Waals surface area contributed by atoms with Gasteiger partial charge in [-0.3, -0.25) is 14.3 Å². The third-order valence-electron chi connectivity index (χ3n) is 5.85. The highest BCUT2D eigenvalue weighted by molar-refractivity contribution is 7.21. The summed E-state index contributed by atoms with van der Waals surface area (Å²) in [6.07, 6.45) is -0.161. The van der Waals surface area contributed by atoms with E-state index in [1.807, 2.05) is 37.3 Å². The number of aliphatic hydroxyl groups is 2. The molecule has 4 N–H and O–H groups in total. The van der Waals surface area contributed by atoms with E-state index in [1.54, 1.807) is 23.9 Å². The fourth-order valence-electron chi connectivity index (χ4n) is 4.20. The van der Waals surface area contributed by atoms with Crippen LogP contribution in [0.2, 0.25) is 0 Å². The maximum absolute atomic E-state index is 12.9. The van der Waals surface area contributed by atoms with Crippen LogP contribution in [0.4, 0.5) is 16.2 Å². The minimum Gasteiger partial charge on any atom is -0.388 e. The smallest absolute Gasteiger partial charge is 0.325 e. The summed E-state index contributed by atoms with van der Waals surface area (Å²) in [5, 5.41) is 26.5. The van der Waals surface area contributed by atoms with Gasteiger partial charge in [-0.05, 0) is 43.3 Å². The van der Waals surface area contributed by atoms with Crippen LogP contribution in [0.1, 0.15) is 15.4 Å². The molecule has 0 radical (unpaired) electrons. The molecule has 1 saturated heterocycles. The summed E-state index contributed by atoms with van der Waals surface area (Å²) in [4.78, 5) is 31.4. The van der Waals surface area contributed by atoms with E-state index in [2.05, 4.69) is 15.6 Å².